The molecule has 1 aromatic heterocycles. The van der Waals surface area contributed by atoms with Gasteiger partial charge in [0.25, 0.3) is 0 Å². The van der Waals surface area contributed by atoms with Crippen molar-refractivity contribution in [3.63, 3.8) is 0 Å². The monoisotopic (exact) mass is 336 g/mol. The Kier molecular flexibility index (Phi) is 4.61. The molecule has 25 heavy (non-hydrogen) atoms. The lowest BCUT2D eigenvalue weighted by atomic mass is 10.1. The van der Waals surface area contributed by atoms with Crippen LogP contribution < -0.4 is 5.32 Å². The Bertz CT molecular complexity index is 914. The molecule has 0 aliphatic rings. The Morgan fingerprint density at radius 3 is 2.40 bits per heavy atom. The molecule has 0 amide bonds. The molecule has 0 unspecified atom stereocenters. The van der Waals surface area contributed by atoms with Gasteiger partial charge < -0.3 is 14.8 Å². The maximum absolute atomic E-state index is 12.1. The summed E-state index contributed by atoms with van der Waals surface area (Å²) in [5.41, 5.74) is 1.20. The zero-order chi connectivity index (χ0) is 17.8. The maximum atomic E-state index is 12.1. The molecule has 3 rings (SSSR count). The standard InChI is InChI=1S/C19H16N2O4/c1-24-18(22)14-10-11-20-17(19(23)25-2)16(14)21-15-9-5-7-12-6-3-4-8-13(12)15/h3-11,21H,1-2H3. The number of fused-ring (bicyclic) bond motifs is 1. The fourth-order valence-corrected chi connectivity index (χ4v) is 2.59. The number of benzene rings is 2. The van der Waals surface area contributed by atoms with E-state index < -0.39 is 11.9 Å². The van der Waals surface area contributed by atoms with Gasteiger partial charge in [0.2, 0.25) is 0 Å². The van der Waals surface area contributed by atoms with Gasteiger partial charge in [-0.05, 0) is 17.5 Å². The second-order valence-corrected chi connectivity index (χ2v) is 5.22. The summed E-state index contributed by atoms with van der Waals surface area (Å²) in [6, 6.07) is 15.0. The fourth-order valence-electron chi connectivity index (χ4n) is 2.59. The number of esters is 2. The molecule has 0 aliphatic carbocycles. The van der Waals surface area contributed by atoms with Crippen LogP contribution in [0.15, 0.2) is 54.7 Å². The van der Waals surface area contributed by atoms with Gasteiger partial charge in [-0.25, -0.2) is 14.6 Å². The Balaban J connectivity index is 2.17. The van der Waals surface area contributed by atoms with Crippen molar-refractivity contribution in [1.82, 2.24) is 4.98 Å². The van der Waals surface area contributed by atoms with Crippen molar-refractivity contribution < 1.29 is 19.1 Å². The van der Waals surface area contributed by atoms with Gasteiger partial charge >= 0.3 is 11.9 Å². The van der Waals surface area contributed by atoms with Crippen LogP contribution in [0.3, 0.4) is 0 Å². The number of rotatable bonds is 4. The second-order valence-electron chi connectivity index (χ2n) is 5.22. The Morgan fingerprint density at radius 2 is 1.64 bits per heavy atom. The highest BCUT2D eigenvalue weighted by molar-refractivity contribution is 6.05. The summed E-state index contributed by atoms with van der Waals surface area (Å²) in [6.45, 7) is 0. The molecule has 3 aromatic rings. The predicted molar refractivity (Wildman–Crippen MR) is 94.1 cm³/mol. The number of methoxy groups -OCH3 is 2. The first kappa shape index (κ1) is 16.4. The van der Waals surface area contributed by atoms with E-state index in [1.54, 1.807) is 0 Å². The minimum atomic E-state index is -0.645. The van der Waals surface area contributed by atoms with Crippen molar-refractivity contribution in [2.75, 3.05) is 19.5 Å². The molecule has 6 nitrogen and oxygen atoms in total. The van der Waals surface area contributed by atoms with E-state index in [1.807, 2.05) is 42.5 Å². The van der Waals surface area contributed by atoms with Gasteiger partial charge in [0.15, 0.2) is 5.69 Å². The minimum absolute atomic E-state index is 0.0123. The van der Waals surface area contributed by atoms with E-state index in [2.05, 4.69) is 10.3 Å². The highest BCUT2D eigenvalue weighted by Crippen LogP contribution is 2.30. The summed E-state index contributed by atoms with van der Waals surface area (Å²) in [7, 11) is 2.54. The average molecular weight is 336 g/mol. The molecule has 1 N–H and O–H groups in total. The van der Waals surface area contributed by atoms with Gasteiger partial charge in [0.05, 0.1) is 25.5 Å². The molecular formula is C19H16N2O4. The summed E-state index contributed by atoms with van der Waals surface area (Å²) in [6.07, 6.45) is 1.37. The number of nitrogens with one attached hydrogen (secondary N) is 1. The Labute approximate surface area is 144 Å². The third kappa shape index (κ3) is 3.14. The molecular weight excluding hydrogens is 320 g/mol. The van der Waals surface area contributed by atoms with Crippen LogP contribution in [-0.2, 0) is 9.47 Å². The molecule has 0 radical (unpaired) electrons. The molecule has 6 heteroatoms. The number of carbonyl (C=O) groups is 2. The van der Waals surface area contributed by atoms with E-state index in [4.69, 9.17) is 9.47 Å². The van der Waals surface area contributed by atoms with Crippen molar-refractivity contribution in [1.29, 1.82) is 0 Å². The number of pyridine rings is 1. The summed E-state index contributed by atoms with van der Waals surface area (Å²) >= 11 is 0. The van der Waals surface area contributed by atoms with E-state index in [0.717, 1.165) is 16.5 Å². The zero-order valence-electron chi connectivity index (χ0n) is 13.8. The average Bonchev–Trinajstić information content (AvgIpc) is 2.67. The van der Waals surface area contributed by atoms with Crippen LogP contribution in [0.4, 0.5) is 11.4 Å². The minimum Gasteiger partial charge on any atom is -0.465 e. The SMILES string of the molecule is COC(=O)c1ccnc(C(=O)OC)c1Nc1cccc2ccccc12. The summed E-state index contributed by atoms with van der Waals surface area (Å²) in [4.78, 5) is 28.2. The first-order valence-corrected chi connectivity index (χ1v) is 7.56. The quantitative estimate of drug-likeness (QED) is 0.734. The van der Waals surface area contributed by atoms with Crippen molar-refractivity contribution in [3.8, 4) is 0 Å². The molecule has 0 saturated carbocycles. The van der Waals surface area contributed by atoms with Crippen molar-refractivity contribution in [3.05, 3.63) is 66.0 Å². The van der Waals surface area contributed by atoms with Crippen LogP contribution in [0, 0.1) is 0 Å². The topological polar surface area (TPSA) is 77.5 Å². The number of hydrogen-bond acceptors (Lipinski definition) is 6. The molecule has 0 bridgehead atoms. The predicted octanol–water partition coefficient (Wildman–Crippen LogP) is 3.55. The number of ether oxygens (including phenoxy) is 2. The van der Waals surface area contributed by atoms with E-state index in [9.17, 15) is 9.59 Å². The second kappa shape index (κ2) is 7.00. The van der Waals surface area contributed by atoms with E-state index in [1.165, 1.54) is 26.5 Å². The van der Waals surface area contributed by atoms with Gasteiger partial charge in [-0.1, -0.05) is 36.4 Å². The van der Waals surface area contributed by atoms with E-state index in [-0.39, 0.29) is 16.9 Å². The molecule has 1 heterocycles. The van der Waals surface area contributed by atoms with Crippen LogP contribution >= 0.6 is 0 Å². The third-order valence-corrected chi connectivity index (χ3v) is 3.78. The van der Waals surface area contributed by atoms with Crippen LogP contribution in [-0.4, -0.2) is 31.1 Å². The molecule has 2 aromatic carbocycles. The first-order chi connectivity index (χ1) is 12.2. The van der Waals surface area contributed by atoms with Gasteiger partial charge in [-0.15, -0.1) is 0 Å². The molecule has 0 aliphatic heterocycles. The van der Waals surface area contributed by atoms with Crippen LogP contribution in [0.5, 0.6) is 0 Å². The smallest absolute Gasteiger partial charge is 0.358 e. The van der Waals surface area contributed by atoms with E-state index in [0.29, 0.717) is 0 Å². The van der Waals surface area contributed by atoms with E-state index >= 15 is 0 Å². The Hall–Kier alpha value is -3.41. The van der Waals surface area contributed by atoms with Gasteiger partial charge in [-0.3, -0.25) is 0 Å². The largest absolute Gasteiger partial charge is 0.465 e. The summed E-state index contributed by atoms with van der Waals surface area (Å²) in [5, 5.41) is 5.12. The van der Waals surface area contributed by atoms with Crippen LogP contribution in [0.1, 0.15) is 20.8 Å². The lowest BCUT2D eigenvalue weighted by molar-refractivity contribution is 0.0595. The normalized spacial score (nSPS) is 10.3. The molecule has 0 spiro atoms. The molecule has 126 valence electrons. The molecule has 0 atom stereocenters. The van der Waals surface area contributed by atoms with Gasteiger partial charge in [-0.2, -0.15) is 0 Å². The summed E-state index contributed by atoms with van der Waals surface area (Å²) < 4.78 is 9.59. The van der Waals surface area contributed by atoms with Gasteiger partial charge in [0, 0.05) is 17.3 Å². The highest BCUT2D eigenvalue weighted by Gasteiger charge is 2.22. The lowest BCUT2D eigenvalue weighted by Gasteiger charge is -2.15. The lowest BCUT2D eigenvalue weighted by Crippen LogP contribution is -2.14. The maximum Gasteiger partial charge on any atom is 0.358 e. The van der Waals surface area contributed by atoms with Crippen LogP contribution in [0.25, 0.3) is 10.8 Å². The highest BCUT2D eigenvalue weighted by atomic mass is 16.5. The van der Waals surface area contributed by atoms with Crippen molar-refractivity contribution in [2.45, 2.75) is 0 Å². The first-order valence-electron chi connectivity index (χ1n) is 7.56. The third-order valence-electron chi connectivity index (χ3n) is 3.78. The van der Waals surface area contributed by atoms with Crippen LogP contribution in [0.2, 0.25) is 0 Å². The zero-order valence-corrected chi connectivity index (χ0v) is 13.8. The number of aromatic nitrogens is 1. The van der Waals surface area contributed by atoms with Crippen molar-refractivity contribution >= 4 is 34.1 Å². The Morgan fingerprint density at radius 1 is 0.920 bits per heavy atom. The molecule has 0 fully saturated rings. The number of hydrogen-bond donors (Lipinski definition) is 1. The number of anilines is 2. The summed E-state index contributed by atoms with van der Waals surface area (Å²) in [5.74, 6) is -1.22. The molecule has 0 saturated heterocycles. The fraction of sp³-hybridized carbons (Fsp3) is 0.105. The van der Waals surface area contributed by atoms with Gasteiger partial charge in [0.1, 0.15) is 0 Å². The number of nitrogens with zero attached hydrogens (tertiary/aromatic N) is 1. The number of carbonyl (C=O) groups excluding carboxylic acids is 2. The van der Waals surface area contributed by atoms with Crippen molar-refractivity contribution in [2.24, 2.45) is 0 Å².